The highest BCUT2D eigenvalue weighted by atomic mass is 79.9. The molecule has 0 atom stereocenters. The standard InChI is InChI=1S/C29H34BrN8OP/c1-7-17-13-25(39-4)24(14-18(17)19(15-31)21(8-2)32-3)37-29-35-16-20(30)28(38-29)36-23-10-9-22-26(27(23)40(5)6)34-12-11-33-22/h9-16H,7-8,31H2,1-6H3,(H2,35,36,37,38). The van der Waals surface area contributed by atoms with Crippen molar-refractivity contribution < 1.29 is 4.74 Å². The molecular formula is C29H34BrN8OP. The van der Waals surface area contributed by atoms with Gasteiger partial charge in [-0.2, -0.15) is 4.98 Å². The number of hydrogen-bond acceptors (Lipinski definition) is 9. The molecule has 0 aliphatic heterocycles. The summed E-state index contributed by atoms with van der Waals surface area (Å²) in [7, 11) is 2.95. The number of rotatable bonds is 10. The van der Waals surface area contributed by atoms with E-state index in [2.05, 4.69) is 73.7 Å². The van der Waals surface area contributed by atoms with Crippen LogP contribution in [-0.4, -0.2) is 53.1 Å². The van der Waals surface area contributed by atoms with E-state index in [0.717, 1.165) is 67.4 Å². The minimum absolute atomic E-state index is 0.412. The Kier molecular flexibility index (Phi) is 9.66. The molecule has 40 heavy (non-hydrogen) atoms. The van der Waals surface area contributed by atoms with Crippen LogP contribution in [0.15, 0.2) is 58.5 Å². The molecule has 4 N–H and O–H groups in total. The van der Waals surface area contributed by atoms with Crippen molar-refractivity contribution in [3.63, 3.8) is 0 Å². The van der Waals surface area contributed by atoms with Gasteiger partial charge in [0.1, 0.15) is 11.6 Å². The second kappa shape index (κ2) is 13.2. The van der Waals surface area contributed by atoms with E-state index in [-0.39, 0.29) is 0 Å². The predicted molar refractivity (Wildman–Crippen MR) is 172 cm³/mol. The van der Waals surface area contributed by atoms with Crippen LogP contribution in [0, 0.1) is 0 Å². The highest BCUT2D eigenvalue weighted by molar-refractivity contribution is 9.10. The predicted octanol–water partition coefficient (Wildman–Crippen LogP) is 6.39. The minimum Gasteiger partial charge on any atom is -0.495 e. The average Bonchev–Trinajstić information content (AvgIpc) is 2.97. The zero-order valence-electron chi connectivity index (χ0n) is 23.6. The lowest BCUT2D eigenvalue weighted by molar-refractivity contribution is 0.416. The van der Waals surface area contributed by atoms with Crippen molar-refractivity contribution in [2.45, 2.75) is 26.7 Å². The van der Waals surface area contributed by atoms with Crippen LogP contribution in [-0.2, 0) is 6.42 Å². The summed E-state index contributed by atoms with van der Waals surface area (Å²) in [6.07, 6.45) is 8.35. The third-order valence-electron chi connectivity index (χ3n) is 6.48. The van der Waals surface area contributed by atoms with E-state index >= 15 is 0 Å². The number of aliphatic imine (C=N–C) groups is 1. The maximum absolute atomic E-state index is 6.09. The molecule has 0 fully saturated rings. The van der Waals surface area contributed by atoms with Crippen molar-refractivity contribution in [2.75, 3.05) is 38.1 Å². The summed E-state index contributed by atoms with van der Waals surface area (Å²) in [5.74, 6) is 1.72. The Morgan fingerprint density at radius 3 is 2.52 bits per heavy atom. The number of nitrogens with two attached hydrogens (primary N) is 1. The SMILES string of the molecule is CCC(=NC)C(=CN)c1cc(Nc2ncc(Br)c(Nc3ccc4nccnc4c3P(C)C)n2)c(OC)cc1CC. The van der Waals surface area contributed by atoms with Gasteiger partial charge in [-0.05, 0) is 77.5 Å². The second-order valence-electron chi connectivity index (χ2n) is 9.09. The summed E-state index contributed by atoms with van der Waals surface area (Å²) in [6.45, 7) is 8.58. The smallest absolute Gasteiger partial charge is 0.229 e. The molecule has 0 bridgehead atoms. The molecule has 0 saturated carbocycles. The molecule has 0 aliphatic carbocycles. The van der Waals surface area contributed by atoms with Crippen LogP contribution in [0.4, 0.5) is 23.1 Å². The molecule has 11 heteroatoms. The van der Waals surface area contributed by atoms with Gasteiger partial charge in [-0.1, -0.05) is 21.8 Å². The van der Waals surface area contributed by atoms with E-state index in [1.54, 1.807) is 38.9 Å². The summed E-state index contributed by atoms with van der Waals surface area (Å²) in [5, 5.41) is 7.98. The Bertz CT molecular complexity index is 1590. The summed E-state index contributed by atoms with van der Waals surface area (Å²) < 4.78 is 6.47. The number of halogens is 1. The Morgan fingerprint density at radius 1 is 1.10 bits per heavy atom. The molecule has 4 rings (SSSR count). The molecule has 208 valence electrons. The van der Waals surface area contributed by atoms with Crippen LogP contribution in [0.3, 0.4) is 0 Å². The molecule has 0 radical (unpaired) electrons. The van der Waals surface area contributed by atoms with E-state index < -0.39 is 7.92 Å². The van der Waals surface area contributed by atoms with Crippen molar-refractivity contribution in [1.82, 2.24) is 19.9 Å². The first-order valence-corrected chi connectivity index (χ1v) is 15.9. The van der Waals surface area contributed by atoms with Crippen LogP contribution in [0.2, 0.25) is 0 Å². The number of allylic oxidation sites excluding steroid dienone is 1. The highest BCUT2D eigenvalue weighted by Crippen LogP contribution is 2.36. The van der Waals surface area contributed by atoms with Gasteiger partial charge >= 0.3 is 0 Å². The lowest BCUT2D eigenvalue weighted by Gasteiger charge is -2.19. The normalized spacial score (nSPS) is 12.2. The van der Waals surface area contributed by atoms with Crippen LogP contribution in [0.5, 0.6) is 5.75 Å². The van der Waals surface area contributed by atoms with Crippen LogP contribution < -0.4 is 26.4 Å². The molecule has 0 spiro atoms. The van der Waals surface area contributed by atoms with Gasteiger partial charge in [0.15, 0.2) is 0 Å². The fourth-order valence-corrected chi connectivity index (χ4v) is 6.08. The fraction of sp³-hybridized carbons (Fsp3) is 0.276. The van der Waals surface area contributed by atoms with E-state index in [1.807, 2.05) is 24.3 Å². The van der Waals surface area contributed by atoms with Crippen LogP contribution in [0.1, 0.15) is 31.4 Å². The van der Waals surface area contributed by atoms with Gasteiger partial charge in [0.25, 0.3) is 0 Å². The number of aryl methyl sites for hydroxylation is 1. The summed E-state index contributed by atoms with van der Waals surface area (Å²) >= 11 is 3.61. The number of benzene rings is 2. The van der Waals surface area contributed by atoms with Gasteiger partial charge in [-0.3, -0.25) is 15.0 Å². The summed E-state index contributed by atoms with van der Waals surface area (Å²) in [4.78, 5) is 22.8. The topological polar surface area (TPSA) is 123 Å². The van der Waals surface area contributed by atoms with E-state index in [9.17, 15) is 0 Å². The maximum atomic E-state index is 6.09. The Balaban J connectivity index is 1.75. The number of anilines is 4. The largest absolute Gasteiger partial charge is 0.495 e. The Hall–Kier alpha value is -3.62. The number of methoxy groups -OCH3 is 1. The van der Waals surface area contributed by atoms with Gasteiger partial charge in [-0.15, -0.1) is 0 Å². The number of hydrogen-bond donors (Lipinski definition) is 3. The molecule has 0 aliphatic rings. The van der Waals surface area contributed by atoms with Gasteiger partial charge in [-0.25, -0.2) is 4.98 Å². The highest BCUT2D eigenvalue weighted by Gasteiger charge is 2.18. The average molecular weight is 622 g/mol. The van der Waals surface area contributed by atoms with Crippen molar-refractivity contribution in [3.8, 4) is 5.75 Å². The van der Waals surface area contributed by atoms with Crippen molar-refractivity contribution >= 4 is 74.6 Å². The van der Waals surface area contributed by atoms with E-state index in [1.165, 1.54) is 0 Å². The van der Waals surface area contributed by atoms with Crippen molar-refractivity contribution in [3.05, 3.63) is 64.7 Å². The molecule has 2 aromatic heterocycles. The maximum Gasteiger partial charge on any atom is 0.229 e. The number of nitrogens with zero attached hydrogens (tertiary/aromatic N) is 5. The lowest BCUT2D eigenvalue weighted by Crippen LogP contribution is -2.12. The fourth-order valence-electron chi connectivity index (χ4n) is 4.58. The number of fused-ring (bicyclic) bond motifs is 1. The minimum atomic E-state index is -0.482. The van der Waals surface area contributed by atoms with Crippen molar-refractivity contribution in [2.24, 2.45) is 10.7 Å². The molecule has 2 heterocycles. The first-order chi connectivity index (χ1) is 19.3. The lowest BCUT2D eigenvalue weighted by atomic mass is 9.93. The van der Waals surface area contributed by atoms with E-state index in [4.69, 9.17) is 15.5 Å². The molecule has 0 saturated heterocycles. The number of ether oxygens (including phenoxy) is 1. The zero-order chi connectivity index (χ0) is 28.8. The van der Waals surface area contributed by atoms with E-state index in [0.29, 0.717) is 17.5 Å². The van der Waals surface area contributed by atoms with Crippen LogP contribution >= 0.6 is 23.9 Å². The molecule has 2 aromatic carbocycles. The first-order valence-electron chi connectivity index (χ1n) is 12.9. The summed E-state index contributed by atoms with van der Waals surface area (Å²) in [6, 6.07) is 8.04. The number of aromatic nitrogens is 4. The monoisotopic (exact) mass is 620 g/mol. The van der Waals surface area contributed by atoms with Gasteiger partial charge < -0.3 is 21.1 Å². The van der Waals surface area contributed by atoms with Gasteiger partial charge in [0.2, 0.25) is 5.95 Å². The molecule has 4 aromatic rings. The molecule has 9 nitrogen and oxygen atoms in total. The number of nitrogens with one attached hydrogen (secondary N) is 2. The van der Waals surface area contributed by atoms with Crippen LogP contribution in [0.25, 0.3) is 16.6 Å². The molecule has 0 unspecified atom stereocenters. The molecular weight excluding hydrogens is 587 g/mol. The molecule has 0 amide bonds. The van der Waals surface area contributed by atoms with Gasteiger partial charge in [0, 0.05) is 54.1 Å². The zero-order valence-corrected chi connectivity index (χ0v) is 26.1. The van der Waals surface area contributed by atoms with Crippen molar-refractivity contribution in [1.29, 1.82) is 0 Å². The first kappa shape index (κ1) is 29.4. The van der Waals surface area contributed by atoms with Gasteiger partial charge in [0.05, 0.1) is 28.3 Å². The third-order valence-corrected chi connectivity index (χ3v) is 8.41. The Morgan fingerprint density at radius 2 is 1.88 bits per heavy atom. The quantitative estimate of drug-likeness (QED) is 0.138. The summed E-state index contributed by atoms with van der Waals surface area (Å²) in [5.41, 5.74) is 13.4. The Labute approximate surface area is 244 Å². The second-order valence-corrected chi connectivity index (χ2v) is 12.2. The third kappa shape index (κ3) is 6.08.